The summed E-state index contributed by atoms with van der Waals surface area (Å²) < 4.78 is 32.8. The number of hydrogen-bond donors (Lipinski definition) is 3. The summed E-state index contributed by atoms with van der Waals surface area (Å²) in [5, 5.41) is 20.1. The number of nitrogens with one attached hydrogen (secondary N) is 2. The van der Waals surface area contributed by atoms with Crippen LogP contribution in [0.4, 0.5) is 0 Å². The maximum Gasteiger partial charge on any atom is 0.269 e. The van der Waals surface area contributed by atoms with Crippen molar-refractivity contribution in [2.45, 2.75) is 24.3 Å². The second-order valence-corrected chi connectivity index (χ2v) is 8.65. The van der Waals surface area contributed by atoms with Crippen molar-refractivity contribution in [3.63, 3.8) is 0 Å². The van der Waals surface area contributed by atoms with Gasteiger partial charge < -0.3 is 15.2 Å². The van der Waals surface area contributed by atoms with Crippen molar-refractivity contribution in [2.24, 2.45) is 0 Å². The minimum absolute atomic E-state index is 0.0862. The van der Waals surface area contributed by atoms with Crippen molar-refractivity contribution < 1.29 is 23.1 Å². The lowest BCUT2D eigenvalue weighted by Gasteiger charge is -2.30. The number of sulfonamides is 1. The number of H-pyrrole nitrogens is 1. The molecule has 1 amide bonds. The van der Waals surface area contributed by atoms with Gasteiger partial charge in [0.1, 0.15) is 16.2 Å². The first-order valence-corrected chi connectivity index (χ1v) is 10.2. The molecule has 1 fully saturated rings. The monoisotopic (exact) mass is 409 g/mol. The van der Waals surface area contributed by atoms with Gasteiger partial charge in [-0.3, -0.25) is 14.9 Å². The highest BCUT2D eigenvalue weighted by Crippen LogP contribution is 2.24. The number of rotatable bonds is 5. The summed E-state index contributed by atoms with van der Waals surface area (Å²) in [7, 11) is -3.89. The number of carbonyl (C=O) groups excluding carboxylic acids is 1. The summed E-state index contributed by atoms with van der Waals surface area (Å²) in [5.41, 5.74) is -0.599. The van der Waals surface area contributed by atoms with Gasteiger partial charge in [0.2, 0.25) is 10.0 Å². The highest BCUT2D eigenvalue weighted by atomic mass is 32.2. The van der Waals surface area contributed by atoms with Crippen molar-refractivity contribution in [3.8, 4) is 0 Å². The largest absolute Gasteiger partial charge is 0.384 e. The van der Waals surface area contributed by atoms with Gasteiger partial charge in [0.15, 0.2) is 0 Å². The zero-order chi connectivity index (χ0) is 20.4. The number of pyridine rings is 1. The Morgan fingerprint density at radius 3 is 2.86 bits per heavy atom. The van der Waals surface area contributed by atoms with Crippen LogP contribution in [0.25, 0.3) is 0 Å². The van der Waals surface area contributed by atoms with Crippen LogP contribution in [-0.4, -0.2) is 77.4 Å². The first kappa shape index (κ1) is 20.4. The predicted octanol–water partition coefficient (Wildman–Crippen LogP) is -0.396. The third kappa shape index (κ3) is 4.22. The zero-order valence-corrected chi connectivity index (χ0v) is 16.5. The summed E-state index contributed by atoms with van der Waals surface area (Å²) in [6.45, 7) is 2.93. The number of aromatic amines is 1. The smallest absolute Gasteiger partial charge is 0.269 e. The molecule has 3 heterocycles. The molecule has 2 aromatic heterocycles. The van der Waals surface area contributed by atoms with E-state index in [1.807, 2.05) is 0 Å². The summed E-state index contributed by atoms with van der Waals surface area (Å²) in [4.78, 5) is 16.2. The number of amides is 1. The van der Waals surface area contributed by atoms with Gasteiger partial charge in [-0.15, -0.1) is 0 Å². The maximum absolute atomic E-state index is 13.1. The molecule has 0 bridgehead atoms. The van der Waals surface area contributed by atoms with Crippen LogP contribution in [0.1, 0.15) is 21.9 Å². The lowest BCUT2D eigenvalue weighted by molar-refractivity contribution is -0.0293. The Balaban J connectivity index is 1.76. The summed E-state index contributed by atoms with van der Waals surface area (Å²) >= 11 is 0. The molecule has 1 atom stereocenters. The molecule has 0 unspecified atom stereocenters. The van der Waals surface area contributed by atoms with Crippen LogP contribution in [0.2, 0.25) is 0 Å². The normalized spacial score (nSPS) is 21.2. The minimum Gasteiger partial charge on any atom is -0.384 e. The maximum atomic E-state index is 13.1. The molecule has 1 aliphatic heterocycles. The number of aromatic nitrogens is 3. The van der Waals surface area contributed by atoms with E-state index < -0.39 is 21.5 Å². The molecule has 0 spiro atoms. The fourth-order valence-electron chi connectivity index (χ4n) is 3.08. The molecule has 2 aromatic rings. The number of aryl methyl sites for hydroxylation is 2. The Kier molecular flexibility index (Phi) is 5.79. The topological polar surface area (TPSA) is 138 Å². The molecule has 28 heavy (non-hydrogen) atoms. The number of ether oxygens (including phenoxy) is 1. The molecule has 1 aliphatic rings. The van der Waals surface area contributed by atoms with Gasteiger partial charge in [-0.1, -0.05) is 6.07 Å². The first-order chi connectivity index (χ1) is 13.2. The molecular formula is C17H23N5O5S. The number of aliphatic hydroxyl groups is 1. The van der Waals surface area contributed by atoms with E-state index in [9.17, 15) is 18.3 Å². The number of nitrogens with zero attached hydrogens (tertiary/aromatic N) is 3. The van der Waals surface area contributed by atoms with Crippen LogP contribution in [0.5, 0.6) is 0 Å². The van der Waals surface area contributed by atoms with E-state index in [0.717, 1.165) is 4.31 Å². The van der Waals surface area contributed by atoms with Crippen LogP contribution >= 0.6 is 0 Å². The van der Waals surface area contributed by atoms with Crippen molar-refractivity contribution >= 4 is 15.9 Å². The van der Waals surface area contributed by atoms with Crippen LogP contribution in [0, 0.1) is 13.8 Å². The fourth-order valence-corrected chi connectivity index (χ4v) is 4.91. The van der Waals surface area contributed by atoms with Crippen LogP contribution in [-0.2, 0) is 14.8 Å². The average Bonchev–Trinajstić information content (AvgIpc) is 2.89. The van der Waals surface area contributed by atoms with E-state index in [1.165, 1.54) is 6.20 Å². The Labute approximate surface area is 163 Å². The van der Waals surface area contributed by atoms with Crippen LogP contribution in [0.3, 0.4) is 0 Å². The van der Waals surface area contributed by atoms with Crippen molar-refractivity contribution in [1.29, 1.82) is 0 Å². The van der Waals surface area contributed by atoms with Gasteiger partial charge in [0.25, 0.3) is 5.91 Å². The Morgan fingerprint density at radius 2 is 2.21 bits per heavy atom. The van der Waals surface area contributed by atoms with E-state index in [-0.39, 0.29) is 43.4 Å². The molecular weight excluding hydrogens is 386 g/mol. The molecule has 1 saturated heterocycles. The van der Waals surface area contributed by atoms with Gasteiger partial charge in [-0.05, 0) is 26.0 Å². The Morgan fingerprint density at radius 1 is 1.43 bits per heavy atom. The van der Waals surface area contributed by atoms with Gasteiger partial charge in [0.05, 0.1) is 31.1 Å². The minimum atomic E-state index is -3.89. The average molecular weight is 409 g/mol. The molecule has 0 aliphatic carbocycles. The second kappa shape index (κ2) is 7.95. The standard InChI is InChI=1S/C17H23N5O5S/c1-12-15(13(2)21-20-12)28(25,26)22-7-8-27-11-17(24,10-22)9-19-16(23)14-5-3-4-6-18-14/h3-6,24H,7-11H2,1-2H3,(H,19,23)(H,20,21)/t17-/m1/s1. The van der Waals surface area contributed by atoms with E-state index in [0.29, 0.717) is 11.4 Å². The van der Waals surface area contributed by atoms with E-state index in [1.54, 1.807) is 32.0 Å². The second-order valence-electron chi connectivity index (χ2n) is 6.78. The van der Waals surface area contributed by atoms with Crippen LogP contribution in [0.15, 0.2) is 29.3 Å². The molecule has 0 aromatic carbocycles. The van der Waals surface area contributed by atoms with E-state index in [2.05, 4.69) is 20.5 Å². The van der Waals surface area contributed by atoms with Gasteiger partial charge in [-0.2, -0.15) is 9.40 Å². The number of hydrogen-bond acceptors (Lipinski definition) is 7. The molecule has 3 N–H and O–H groups in total. The Hall–Kier alpha value is -2.34. The van der Waals surface area contributed by atoms with Gasteiger partial charge in [0, 0.05) is 19.3 Å². The highest BCUT2D eigenvalue weighted by Gasteiger charge is 2.39. The summed E-state index contributed by atoms with van der Waals surface area (Å²) in [6, 6.07) is 4.91. The first-order valence-electron chi connectivity index (χ1n) is 8.74. The van der Waals surface area contributed by atoms with Gasteiger partial charge >= 0.3 is 0 Å². The number of β-amino-alcohol motifs (C(OH)–C–C–N with tert-alkyl or cyclic N) is 1. The zero-order valence-electron chi connectivity index (χ0n) is 15.7. The van der Waals surface area contributed by atoms with Gasteiger partial charge in [-0.25, -0.2) is 8.42 Å². The Bertz CT molecular complexity index is 927. The molecule has 0 radical (unpaired) electrons. The molecule has 11 heteroatoms. The lowest BCUT2D eigenvalue weighted by atomic mass is 10.1. The van der Waals surface area contributed by atoms with Crippen molar-refractivity contribution in [3.05, 3.63) is 41.5 Å². The van der Waals surface area contributed by atoms with Crippen molar-refractivity contribution in [1.82, 2.24) is 24.8 Å². The SMILES string of the molecule is Cc1n[nH]c(C)c1S(=O)(=O)N1CCOC[C@@](O)(CNC(=O)c2ccccn2)C1. The third-order valence-electron chi connectivity index (χ3n) is 4.46. The van der Waals surface area contributed by atoms with E-state index >= 15 is 0 Å². The number of carbonyl (C=O) groups is 1. The molecule has 0 saturated carbocycles. The third-order valence-corrected chi connectivity index (χ3v) is 6.57. The van der Waals surface area contributed by atoms with E-state index in [4.69, 9.17) is 4.74 Å². The molecule has 152 valence electrons. The lowest BCUT2D eigenvalue weighted by Crippen LogP contribution is -2.53. The van der Waals surface area contributed by atoms with Crippen molar-refractivity contribution in [2.75, 3.05) is 32.8 Å². The summed E-state index contributed by atoms with van der Waals surface area (Å²) in [6.07, 6.45) is 1.49. The summed E-state index contributed by atoms with van der Waals surface area (Å²) in [5.74, 6) is -0.464. The molecule has 10 nitrogen and oxygen atoms in total. The predicted molar refractivity (Wildman–Crippen MR) is 99.2 cm³/mol. The quantitative estimate of drug-likeness (QED) is 0.611. The fraction of sp³-hybridized carbons (Fsp3) is 0.471. The highest BCUT2D eigenvalue weighted by molar-refractivity contribution is 7.89. The van der Waals surface area contributed by atoms with Crippen LogP contribution < -0.4 is 5.32 Å². The molecule has 3 rings (SSSR count).